The molecule has 0 aromatic heterocycles. The molecule has 1 amide bonds. The van der Waals surface area contributed by atoms with Gasteiger partial charge in [0.25, 0.3) is 5.91 Å². The lowest BCUT2D eigenvalue weighted by Gasteiger charge is -2.33. The number of benzene rings is 2. The molecule has 1 aliphatic rings. The molecule has 0 spiro atoms. The number of piperazine rings is 1. The molecule has 156 valence electrons. The number of hydrogen-bond acceptors (Lipinski definition) is 5. The Hall–Kier alpha value is -2.64. The van der Waals surface area contributed by atoms with Crippen LogP contribution in [-0.2, 0) is 4.79 Å². The van der Waals surface area contributed by atoms with E-state index in [1.807, 2.05) is 12.1 Å². The van der Waals surface area contributed by atoms with E-state index >= 15 is 0 Å². The Morgan fingerprint density at radius 1 is 1.03 bits per heavy atom. The number of nitrogens with zero attached hydrogens (tertiary/aromatic N) is 1. The van der Waals surface area contributed by atoms with Crippen LogP contribution in [-0.4, -0.2) is 60.0 Å². The van der Waals surface area contributed by atoms with Gasteiger partial charge in [0.2, 0.25) is 0 Å². The van der Waals surface area contributed by atoms with Crippen molar-refractivity contribution in [3.63, 3.8) is 0 Å². The first-order valence-electron chi connectivity index (χ1n) is 9.48. The first kappa shape index (κ1) is 21.1. The van der Waals surface area contributed by atoms with Crippen LogP contribution in [0.25, 0.3) is 0 Å². The Labute approximate surface area is 176 Å². The van der Waals surface area contributed by atoms with E-state index in [-0.39, 0.29) is 5.91 Å². The van der Waals surface area contributed by atoms with E-state index in [4.69, 9.17) is 25.8 Å². The summed E-state index contributed by atoms with van der Waals surface area (Å²) in [5, 5.41) is 3.35. The minimum atomic E-state index is -0.0689. The lowest BCUT2D eigenvalue weighted by molar-refractivity contribution is -0.892. The standard InChI is InChI=1S/C21H26ClN3O4/c1-27-16-6-4-15(5-7-16)25-10-8-24(9-11-25)14-21(26)23-18-13-19(28-2)17(22)12-20(18)29-3/h4-7,12-13H,8-11,14H2,1-3H3,(H,23,26)/p+1. The summed E-state index contributed by atoms with van der Waals surface area (Å²) in [5.41, 5.74) is 1.72. The molecule has 0 radical (unpaired) electrons. The van der Waals surface area contributed by atoms with Crippen molar-refractivity contribution in [1.82, 2.24) is 0 Å². The average Bonchev–Trinajstić information content (AvgIpc) is 2.75. The van der Waals surface area contributed by atoms with Gasteiger partial charge in [-0.2, -0.15) is 0 Å². The molecule has 0 bridgehead atoms. The van der Waals surface area contributed by atoms with Gasteiger partial charge in [0, 0.05) is 17.8 Å². The number of anilines is 2. The molecular weight excluding hydrogens is 394 g/mol. The van der Waals surface area contributed by atoms with Gasteiger partial charge in [-0.05, 0) is 24.3 Å². The number of halogens is 1. The maximum atomic E-state index is 12.6. The van der Waals surface area contributed by atoms with E-state index in [1.54, 1.807) is 19.2 Å². The lowest BCUT2D eigenvalue weighted by Crippen LogP contribution is -3.15. The van der Waals surface area contributed by atoms with Crippen molar-refractivity contribution in [1.29, 1.82) is 0 Å². The summed E-state index contributed by atoms with van der Waals surface area (Å²) in [6.07, 6.45) is 0. The number of rotatable bonds is 7. The molecule has 2 N–H and O–H groups in total. The van der Waals surface area contributed by atoms with Crippen molar-refractivity contribution < 1.29 is 23.9 Å². The number of amides is 1. The molecule has 7 nitrogen and oxygen atoms in total. The van der Waals surface area contributed by atoms with Crippen LogP contribution in [0, 0.1) is 0 Å². The van der Waals surface area contributed by atoms with Crippen LogP contribution >= 0.6 is 11.6 Å². The quantitative estimate of drug-likeness (QED) is 0.714. The Kier molecular flexibility index (Phi) is 7.06. The molecule has 2 aromatic rings. The van der Waals surface area contributed by atoms with Gasteiger partial charge in [0.15, 0.2) is 6.54 Å². The van der Waals surface area contributed by atoms with Gasteiger partial charge < -0.3 is 29.3 Å². The molecule has 1 fully saturated rings. The Bertz CT molecular complexity index is 837. The molecule has 0 atom stereocenters. The smallest absolute Gasteiger partial charge is 0.279 e. The van der Waals surface area contributed by atoms with Crippen LogP contribution in [0.4, 0.5) is 11.4 Å². The number of nitrogens with one attached hydrogen (secondary N) is 2. The molecule has 2 aromatic carbocycles. The predicted molar refractivity (Wildman–Crippen MR) is 114 cm³/mol. The Balaban J connectivity index is 1.54. The predicted octanol–water partition coefficient (Wildman–Crippen LogP) is 1.71. The van der Waals surface area contributed by atoms with Gasteiger partial charge in [-0.1, -0.05) is 11.6 Å². The number of carbonyl (C=O) groups is 1. The number of ether oxygens (including phenoxy) is 3. The number of hydrogen-bond donors (Lipinski definition) is 2. The van der Waals surface area contributed by atoms with E-state index in [1.165, 1.54) is 24.8 Å². The zero-order valence-corrected chi connectivity index (χ0v) is 17.7. The third-order valence-corrected chi connectivity index (χ3v) is 5.36. The zero-order valence-electron chi connectivity index (χ0n) is 17.0. The average molecular weight is 421 g/mol. The van der Waals surface area contributed by atoms with Crippen molar-refractivity contribution in [3.8, 4) is 17.2 Å². The highest BCUT2D eigenvalue weighted by Gasteiger charge is 2.23. The maximum absolute atomic E-state index is 12.6. The maximum Gasteiger partial charge on any atom is 0.279 e. The van der Waals surface area contributed by atoms with Crippen molar-refractivity contribution in [2.45, 2.75) is 0 Å². The van der Waals surface area contributed by atoms with Crippen LogP contribution < -0.4 is 29.3 Å². The fourth-order valence-electron chi connectivity index (χ4n) is 3.43. The SMILES string of the molecule is COc1ccc(N2CC[NH+](CC(=O)Nc3cc(OC)c(Cl)cc3OC)CC2)cc1. The molecular formula is C21H27ClN3O4+. The largest absolute Gasteiger partial charge is 0.497 e. The summed E-state index contributed by atoms with van der Waals surface area (Å²) in [6.45, 7) is 3.96. The van der Waals surface area contributed by atoms with Crippen LogP contribution in [0.15, 0.2) is 36.4 Å². The molecule has 1 aliphatic heterocycles. The van der Waals surface area contributed by atoms with Gasteiger partial charge in [-0.25, -0.2) is 0 Å². The number of carbonyl (C=O) groups excluding carboxylic acids is 1. The van der Waals surface area contributed by atoms with Crippen LogP contribution in [0.1, 0.15) is 0 Å². The van der Waals surface area contributed by atoms with Gasteiger partial charge in [-0.3, -0.25) is 4.79 Å². The second kappa shape index (κ2) is 9.71. The molecule has 1 saturated heterocycles. The monoisotopic (exact) mass is 420 g/mol. The normalized spacial score (nSPS) is 14.4. The lowest BCUT2D eigenvalue weighted by atomic mass is 10.2. The molecule has 3 rings (SSSR count). The number of methoxy groups -OCH3 is 3. The highest BCUT2D eigenvalue weighted by molar-refractivity contribution is 6.32. The molecule has 0 unspecified atom stereocenters. The molecule has 0 aliphatic carbocycles. The van der Waals surface area contributed by atoms with Crippen LogP contribution in [0.2, 0.25) is 5.02 Å². The molecule has 29 heavy (non-hydrogen) atoms. The highest BCUT2D eigenvalue weighted by atomic mass is 35.5. The van der Waals surface area contributed by atoms with Crippen molar-refractivity contribution >= 4 is 28.9 Å². The second-order valence-corrected chi connectivity index (χ2v) is 7.25. The van der Waals surface area contributed by atoms with E-state index in [0.717, 1.165) is 31.9 Å². The van der Waals surface area contributed by atoms with Gasteiger partial charge >= 0.3 is 0 Å². The molecule has 1 heterocycles. The number of quaternary nitrogens is 1. The summed E-state index contributed by atoms with van der Waals surface area (Å²) in [7, 11) is 4.74. The van der Waals surface area contributed by atoms with Crippen molar-refractivity contribution in [2.75, 3.05) is 64.3 Å². The van der Waals surface area contributed by atoms with Gasteiger partial charge in [0.1, 0.15) is 17.2 Å². The first-order chi connectivity index (χ1) is 14.0. The second-order valence-electron chi connectivity index (χ2n) is 6.85. The minimum Gasteiger partial charge on any atom is -0.497 e. The van der Waals surface area contributed by atoms with Crippen molar-refractivity contribution in [3.05, 3.63) is 41.4 Å². The van der Waals surface area contributed by atoms with Gasteiger partial charge in [-0.15, -0.1) is 0 Å². The summed E-state index contributed by atoms with van der Waals surface area (Å²) in [5.74, 6) is 1.77. The molecule has 0 saturated carbocycles. The van der Waals surface area contributed by atoms with Crippen molar-refractivity contribution in [2.24, 2.45) is 0 Å². The third kappa shape index (κ3) is 5.25. The van der Waals surface area contributed by atoms with Gasteiger partial charge in [0.05, 0.1) is 58.2 Å². The third-order valence-electron chi connectivity index (χ3n) is 5.07. The molecule has 8 heteroatoms. The topological polar surface area (TPSA) is 64.5 Å². The van der Waals surface area contributed by atoms with E-state index in [9.17, 15) is 4.79 Å². The summed E-state index contributed by atoms with van der Waals surface area (Å²) >= 11 is 6.12. The first-order valence-corrected chi connectivity index (χ1v) is 9.85. The fourth-order valence-corrected chi connectivity index (χ4v) is 3.66. The summed E-state index contributed by atoms with van der Waals surface area (Å²) in [6, 6.07) is 11.4. The van der Waals surface area contributed by atoms with Crippen LogP contribution in [0.3, 0.4) is 0 Å². The minimum absolute atomic E-state index is 0.0689. The summed E-state index contributed by atoms with van der Waals surface area (Å²) in [4.78, 5) is 16.1. The van der Waals surface area contributed by atoms with E-state index in [0.29, 0.717) is 28.8 Å². The summed E-state index contributed by atoms with van der Waals surface area (Å²) < 4.78 is 15.8. The fraction of sp³-hybridized carbons (Fsp3) is 0.381. The van der Waals surface area contributed by atoms with Crippen LogP contribution in [0.5, 0.6) is 17.2 Å². The highest BCUT2D eigenvalue weighted by Crippen LogP contribution is 2.35. The Morgan fingerprint density at radius 3 is 2.28 bits per heavy atom. The van der Waals surface area contributed by atoms with E-state index < -0.39 is 0 Å². The Morgan fingerprint density at radius 2 is 1.69 bits per heavy atom. The zero-order chi connectivity index (χ0) is 20.8. The van der Waals surface area contributed by atoms with E-state index in [2.05, 4.69) is 22.3 Å².